The fourth-order valence-electron chi connectivity index (χ4n) is 2.33. The van der Waals surface area contributed by atoms with E-state index in [2.05, 4.69) is 10.3 Å². The summed E-state index contributed by atoms with van der Waals surface area (Å²) in [7, 11) is 0. The minimum absolute atomic E-state index is 0.0374. The van der Waals surface area contributed by atoms with E-state index in [-0.39, 0.29) is 17.6 Å². The molecule has 1 unspecified atom stereocenters. The average molecular weight is 276 g/mol. The fraction of sp³-hybridized carbons (Fsp3) is 0.286. The van der Waals surface area contributed by atoms with Crippen LogP contribution in [0.2, 0.25) is 0 Å². The summed E-state index contributed by atoms with van der Waals surface area (Å²) in [4.78, 5) is 17.6. The Hall–Kier alpha value is -1.75. The number of nitrogens with one attached hydrogen (secondary N) is 1. The summed E-state index contributed by atoms with van der Waals surface area (Å²) in [5.74, 6) is -0.424. The lowest BCUT2D eigenvalue weighted by atomic mass is 9.90. The van der Waals surface area contributed by atoms with Crippen molar-refractivity contribution in [2.24, 2.45) is 5.92 Å². The van der Waals surface area contributed by atoms with Crippen molar-refractivity contribution in [2.75, 3.05) is 5.32 Å². The highest BCUT2D eigenvalue weighted by Gasteiger charge is 2.26. The Balaban J connectivity index is 1.69. The first-order chi connectivity index (χ1) is 9.22. The zero-order chi connectivity index (χ0) is 13.2. The van der Waals surface area contributed by atoms with Crippen LogP contribution in [0.5, 0.6) is 0 Å². The Morgan fingerprint density at radius 3 is 3.21 bits per heavy atom. The van der Waals surface area contributed by atoms with Crippen molar-refractivity contribution in [1.29, 1.82) is 0 Å². The van der Waals surface area contributed by atoms with E-state index in [4.69, 9.17) is 0 Å². The van der Waals surface area contributed by atoms with Crippen LogP contribution in [0.25, 0.3) is 0 Å². The number of thiazole rings is 1. The summed E-state index contributed by atoms with van der Waals surface area (Å²) in [6.45, 7) is 0. The molecular weight excluding hydrogens is 263 g/mol. The lowest BCUT2D eigenvalue weighted by Gasteiger charge is -2.20. The first-order valence-electron chi connectivity index (χ1n) is 6.20. The third kappa shape index (κ3) is 2.66. The Morgan fingerprint density at radius 2 is 2.37 bits per heavy atom. The van der Waals surface area contributed by atoms with Gasteiger partial charge in [-0.25, -0.2) is 9.37 Å². The van der Waals surface area contributed by atoms with Crippen LogP contribution in [0.15, 0.2) is 29.8 Å². The number of carbonyl (C=O) groups excluding carboxylic acids is 1. The number of aryl methyl sites for hydroxylation is 1. The highest BCUT2D eigenvalue weighted by atomic mass is 32.1. The van der Waals surface area contributed by atoms with E-state index in [1.165, 1.54) is 17.0 Å². The van der Waals surface area contributed by atoms with Crippen molar-refractivity contribution in [2.45, 2.75) is 19.3 Å². The van der Waals surface area contributed by atoms with Crippen LogP contribution in [-0.2, 0) is 17.6 Å². The number of fused-ring (bicyclic) bond motifs is 1. The molecule has 0 spiro atoms. The molecule has 1 N–H and O–H groups in total. The fourth-order valence-corrected chi connectivity index (χ4v) is 3.23. The summed E-state index contributed by atoms with van der Waals surface area (Å²) in [5.41, 5.74) is 3.47. The van der Waals surface area contributed by atoms with Crippen LogP contribution in [0.4, 0.5) is 10.1 Å². The Labute approximate surface area is 114 Å². The van der Waals surface area contributed by atoms with E-state index in [0.717, 1.165) is 25.0 Å². The molecule has 1 amide bonds. The number of halogens is 1. The topological polar surface area (TPSA) is 42.0 Å². The molecule has 0 bridgehead atoms. The number of carbonyl (C=O) groups is 1. The monoisotopic (exact) mass is 276 g/mol. The van der Waals surface area contributed by atoms with Crippen molar-refractivity contribution >= 4 is 22.9 Å². The Kier molecular flexibility index (Phi) is 3.29. The molecule has 2 aromatic rings. The van der Waals surface area contributed by atoms with Gasteiger partial charge in [-0.1, -0.05) is 6.07 Å². The molecule has 0 saturated carbocycles. The molecule has 0 fully saturated rings. The second kappa shape index (κ2) is 5.09. The maximum Gasteiger partial charge on any atom is 0.227 e. The first-order valence-corrected chi connectivity index (χ1v) is 7.08. The molecular formula is C14H13FN2OS. The smallest absolute Gasteiger partial charge is 0.227 e. The number of anilines is 1. The normalized spacial score (nSPS) is 17.8. The third-order valence-corrected chi connectivity index (χ3v) is 4.25. The summed E-state index contributed by atoms with van der Waals surface area (Å²) in [6.07, 6.45) is 2.39. The molecule has 19 heavy (non-hydrogen) atoms. The maximum atomic E-state index is 13.1. The van der Waals surface area contributed by atoms with Crippen molar-refractivity contribution in [1.82, 2.24) is 4.98 Å². The van der Waals surface area contributed by atoms with Gasteiger partial charge in [-0.15, -0.1) is 11.3 Å². The van der Waals surface area contributed by atoms with Gasteiger partial charge in [-0.3, -0.25) is 4.79 Å². The molecule has 1 aliphatic carbocycles. The van der Waals surface area contributed by atoms with Gasteiger partial charge in [0.25, 0.3) is 0 Å². The molecule has 5 heteroatoms. The van der Waals surface area contributed by atoms with Gasteiger partial charge in [-0.05, 0) is 37.5 Å². The number of amides is 1. The summed E-state index contributed by atoms with van der Waals surface area (Å²) in [5, 5.41) is 2.78. The maximum absolute atomic E-state index is 13.1. The molecule has 1 aromatic carbocycles. The van der Waals surface area contributed by atoms with Crippen LogP contribution in [-0.4, -0.2) is 10.9 Å². The Bertz CT molecular complexity index is 611. The van der Waals surface area contributed by atoms with Gasteiger partial charge in [0, 0.05) is 16.5 Å². The van der Waals surface area contributed by atoms with E-state index in [1.54, 1.807) is 23.5 Å². The van der Waals surface area contributed by atoms with E-state index in [1.807, 2.05) is 5.51 Å². The predicted octanol–water partition coefficient (Wildman–Crippen LogP) is 3.03. The summed E-state index contributed by atoms with van der Waals surface area (Å²) < 4.78 is 13.1. The van der Waals surface area contributed by atoms with Crippen molar-refractivity contribution in [3.63, 3.8) is 0 Å². The third-order valence-electron chi connectivity index (χ3n) is 3.35. The number of benzene rings is 1. The number of aromatic nitrogens is 1. The zero-order valence-corrected chi connectivity index (χ0v) is 11.0. The molecule has 1 atom stereocenters. The molecule has 0 saturated heterocycles. The van der Waals surface area contributed by atoms with E-state index in [9.17, 15) is 9.18 Å². The summed E-state index contributed by atoms with van der Waals surface area (Å²) in [6, 6.07) is 5.98. The second-order valence-corrected chi connectivity index (χ2v) is 5.60. The van der Waals surface area contributed by atoms with Crippen LogP contribution in [0.3, 0.4) is 0 Å². The predicted molar refractivity (Wildman–Crippen MR) is 72.7 cm³/mol. The molecule has 1 heterocycles. The van der Waals surface area contributed by atoms with Gasteiger partial charge >= 0.3 is 0 Å². The average Bonchev–Trinajstić information content (AvgIpc) is 2.85. The molecule has 3 nitrogen and oxygen atoms in total. The SMILES string of the molecule is O=C(Nc1cccc(F)c1)C1CCc2ncsc2C1. The van der Waals surface area contributed by atoms with Gasteiger partial charge in [0.15, 0.2) is 0 Å². The lowest BCUT2D eigenvalue weighted by Crippen LogP contribution is -2.27. The lowest BCUT2D eigenvalue weighted by molar-refractivity contribution is -0.120. The molecule has 1 aromatic heterocycles. The summed E-state index contributed by atoms with van der Waals surface area (Å²) >= 11 is 1.60. The number of hydrogen-bond donors (Lipinski definition) is 1. The second-order valence-electron chi connectivity index (χ2n) is 4.66. The highest BCUT2D eigenvalue weighted by Crippen LogP contribution is 2.28. The molecule has 98 valence electrons. The molecule has 0 radical (unpaired) electrons. The van der Waals surface area contributed by atoms with Crippen LogP contribution in [0.1, 0.15) is 17.0 Å². The highest BCUT2D eigenvalue weighted by molar-refractivity contribution is 7.09. The molecule has 0 aliphatic heterocycles. The van der Waals surface area contributed by atoms with E-state index < -0.39 is 0 Å². The minimum Gasteiger partial charge on any atom is -0.326 e. The van der Waals surface area contributed by atoms with Gasteiger partial charge in [-0.2, -0.15) is 0 Å². The standard InChI is InChI=1S/C14H13FN2OS/c15-10-2-1-3-11(7-10)17-14(18)9-4-5-12-13(6-9)19-8-16-12/h1-3,7-9H,4-6H2,(H,17,18). The largest absolute Gasteiger partial charge is 0.326 e. The number of hydrogen-bond acceptors (Lipinski definition) is 3. The zero-order valence-electron chi connectivity index (χ0n) is 10.2. The van der Waals surface area contributed by atoms with Gasteiger partial charge in [0.1, 0.15) is 5.82 Å². The minimum atomic E-state index is -0.341. The van der Waals surface area contributed by atoms with Crippen LogP contribution in [0, 0.1) is 11.7 Å². The van der Waals surface area contributed by atoms with Crippen molar-refractivity contribution in [3.8, 4) is 0 Å². The van der Waals surface area contributed by atoms with Gasteiger partial charge in [0.05, 0.1) is 11.2 Å². The molecule has 1 aliphatic rings. The van der Waals surface area contributed by atoms with Crippen molar-refractivity contribution in [3.05, 3.63) is 46.2 Å². The quantitative estimate of drug-likeness (QED) is 0.916. The Morgan fingerprint density at radius 1 is 1.47 bits per heavy atom. The molecule has 3 rings (SSSR count). The van der Waals surface area contributed by atoms with Crippen molar-refractivity contribution < 1.29 is 9.18 Å². The first kappa shape index (κ1) is 12.3. The number of nitrogens with zero attached hydrogens (tertiary/aromatic N) is 1. The van der Waals surface area contributed by atoms with Gasteiger partial charge < -0.3 is 5.32 Å². The number of rotatable bonds is 2. The van der Waals surface area contributed by atoms with E-state index in [0.29, 0.717) is 5.69 Å². The van der Waals surface area contributed by atoms with E-state index >= 15 is 0 Å². The van der Waals surface area contributed by atoms with Crippen LogP contribution >= 0.6 is 11.3 Å². The van der Waals surface area contributed by atoms with Crippen LogP contribution < -0.4 is 5.32 Å². The van der Waals surface area contributed by atoms with Gasteiger partial charge in [0.2, 0.25) is 5.91 Å².